The third kappa shape index (κ3) is 4.55. The van der Waals surface area contributed by atoms with Crippen molar-refractivity contribution in [2.45, 2.75) is 20.8 Å². The number of carbonyl (C=O) groups is 3. The fourth-order valence-corrected chi connectivity index (χ4v) is 5.22. The van der Waals surface area contributed by atoms with Crippen molar-refractivity contribution in [3.05, 3.63) is 119 Å². The second-order valence-corrected chi connectivity index (χ2v) is 9.63. The van der Waals surface area contributed by atoms with Gasteiger partial charge < -0.3 is 9.67 Å². The van der Waals surface area contributed by atoms with E-state index in [1.807, 2.05) is 67.8 Å². The molecule has 0 atom stereocenters. The smallest absolute Gasteiger partial charge is 0.335 e. The Hall–Kier alpha value is -4.82. The third-order valence-electron chi connectivity index (χ3n) is 6.73. The van der Waals surface area contributed by atoms with Crippen molar-refractivity contribution in [2.24, 2.45) is 0 Å². The molecule has 5 rings (SSSR count). The number of benzene rings is 3. The Balaban J connectivity index is 1.64. The van der Waals surface area contributed by atoms with Crippen LogP contribution in [0.2, 0.25) is 0 Å². The van der Waals surface area contributed by atoms with E-state index in [2.05, 4.69) is 0 Å². The van der Waals surface area contributed by atoms with E-state index < -0.39 is 17.8 Å². The van der Waals surface area contributed by atoms with Crippen LogP contribution < -0.4 is 9.80 Å². The molecule has 194 valence electrons. The number of carboxylic acids is 1. The topological polar surface area (TPSA) is 82.8 Å². The zero-order chi connectivity index (χ0) is 27.8. The SMILES string of the molecule is Cc1cc(C(=O)O)ccc1-n1c(C)cc(C=C2C(=O)N(c3ccccc3)C(=S)N(c3ccccc3)C2=O)c1C. The minimum Gasteiger partial charge on any atom is -0.478 e. The molecular weight excluding hydrogens is 510 g/mol. The number of anilines is 2. The number of para-hydroxylation sites is 2. The van der Waals surface area contributed by atoms with Crippen molar-refractivity contribution in [3.8, 4) is 5.69 Å². The van der Waals surface area contributed by atoms with Gasteiger partial charge in [-0.15, -0.1) is 0 Å². The number of nitrogens with zero attached hydrogens (tertiary/aromatic N) is 3. The minimum absolute atomic E-state index is 0.0190. The van der Waals surface area contributed by atoms with Crippen molar-refractivity contribution >= 4 is 52.6 Å². The van der Waals surface area contributed by atoms with Gasteiger partial charge in [-0.2, -0.15) is 0 Å². The van der Waals surface area contributed by atoms with Gasteiger partial charge in [0.25, 0.3) is 11.8 Å². The molecule has 1 aliphatic heterocycles. The van der Waals surface area contributed by atoms with Crippen molar-refractivity contribution < 1.29 is 19.5 Å². The fraction of sp³-hybridized carbons (Fsp3) is 0.0968. The first-order chi connectivity index (χ1) is 18.7. The first-order valence-electron chi connectivity index (χ1n) is 12.3. The predicted molar refractivity (Wildman–Crippen MR) is 155 cm³/mol. The van der Waals surface area contributed by atoms with E-state index in [-0.39, 0.29) is 16.2 Å². The molecule has 7 nitrogen and oxygen atoms in total. The maximum atomic E-state index is 13.8. The highest BCUT2D eigenvalue weighted by molar-refractivity contribution is 7.81. The van der Waals surface area contributed by atoms with Crippen LogP contribution in [-0.2, 0) is 9.59 Å². The number of amides is 2. The van der Waals surface area contributed by atoms with Crippen LogP contribution in [-0.4, -0.2) is 32.6 Å². The van der Waals surface area contributed by atoms with Crippen molar-refractivity contribution in [1.29, 1.82) is 0 Å². The number of aromatic carboxylic acids is 1. The third-order valence-corrected chi connectivity index (χ3v) is 7.10. The number of aryl methyl sites for hydroxylation is 2. The lowest BCUT2D eigenvalue weighted by atomic mass is 10.0. The quantitative estimate of drug-likeness (QED) is 0.197. The Bertz CT molecular complexity index is 1610. The van der Waals surface area contributed by atoms with Gasteiger partial charge in [0.05, 0.1) is 16.9 Å². The van der Waals surface area contributed by atoms with E-state index in [1.165, 1.54) is 9.80 Å². The molecule has 0 bridgehead atoms. The normalized spacial score (nSPS) is 13.7. The van der Waals surface area contributed by atoms with E-state index >= 15 is 0 Å². The van der Waals surface area contributed by atoms with Crippen molar-refractivity contribution in [2.75, 3.05) is 9.80 Å². The second-order valence-electron chi connectivity index (χ2n) is 9.26. The number of aromatic nitrogens is 1. The molecule has 0 radical (unpaired) electrons. The molecule has 8 heteroatoms. The van der Waals surface area contributed by atoms with Crippen LogP contribution in [0, 0.1) is 20.8 Å². The van der Waals surface area contributed by atoms with Gasteiger partial charge in [-0.25, -0.2) is 4.79 Å². The Morgan fingerprint density at radius 2 is 1.33 bits per heavy atom. The lowest BCUT2D eigenvalue weighted by molar-refractivity contribution is -0.120. The van der Waals surface area contributed by atoms with Gasteiger partial charge in [0.1, 0.15) is 5.57 Å². The predicted octanol–water partition coefficient (Wildman–Crippen LogP) is 5.85. The summed E-state index contributed by atoms with van der Waals surface area (Å²) >= 11 is 5.68. The Kier molecular flexibility index (Phi) is 6.72. The highest BCUT2D eigenvalue weighted by Crippen LogP contribution is 2.31. The average Bonchev–Trinajstić information content (AvgIpc) is 3.20. The fourth-order valence-electron chi connectivity index (χ4n) is 4.84. The van der Waals surface area contributed by atoms with Gasteiger partial charge in [0.15, 0.2) is 5.11 Å². The highest BCUT2D eigenvalue weighted by atomic mass is 32.1. The maximum absolute atomic E-state index is 13.8. The van der Waals surface area contributed by atoms with Crippen molar-refractivity contribution in [3.63, 3.8) is 0 Å². The van der Waals surface area contributed by atoms with E-state index in [0.717, 1.165) is 22.6 Å². The summed E-state index contributed by atoms with van der Waals surface area (Å²) < 4.78 is 1.99. The number of thiocarbonyl (C=S) groups is 1. The zero-order valence-electron chi connectivity index (χ0n) is 21.6. The summed E-state index contributed by atoms with van der Waals surface area (Å²) in [6.45, 7) is 5.67. The number of carbonyl (C=O) groups excluding carboxylic acids is 2. The largest absolute Gasteiger partial charge is 0.478 e. The van der Waals surface area contributed by atoms with Crippen LogP contribution >= 0.6 is 12.2 Å². The molecule has 0 aliphatic carbocycles. The van der Waals surface area contributed by atoms with Crippen molar-refractivity contribution in [1.82, 2.24) is 4.57 Å². The summed E-state index contributed by atoms with van der Waals surface area (Å²) in [5, 5.41) is 9.43. The molecule has 0 spiro atoms. The molecule has 39 heavy (non-hydrogen) atoms. The van der Waals surface area contributed by atoms with Crippen LogP contribution in [0.5, 0.6) is 0 Å². The molecule has 1 fully saturated rings. The standard InChI is InChI=1S/C31H25N3O4S/c1-19-16-22(30(37)38)14-15-27(19)32-20(2)17-23(21(32)3)18-26-28(35)33(24-10-6-4-7-11-24)31(39)34(29(26)36)25-12-8-5-9-13-25/h4-18H,1-3H3,(H,37,38). The van der Waals surface area contributed by atoms with Crippen LogP contribution in [0.4, 0.5) is 11.4 Å². The molecule has 1 N–H and O–H groups in total. The lowest BCUT2D eigenvalue weighted by Crippen LogP contribution is -2.56. The Morgan fingerprint density at radius 1 is 0.795 bits per heavy atom. The summed E-state index contributed by atoms with van der Waals surface area (Å²) in [6, 6.07) is 24.9. The molecule has 2 heterocycles. The van der Waals surface area contributed by atoms with Gasteiger partial charge in [-0.05, 0) is 98.7 Å². The molecule has 0 unspecified atom stereocenters. The summed E-state index contributed by atoms with van der Waals surface area (Å²) in [6.07, 6.45) is 1.61. The molecule has 0 saturated carbocycles. The first kappa shape index (κ1) is 25.8. The minimum atomic E-state index is -0.991. The molecule has 1 aromatic heterocycles. The summed E-state index contributed by atoms with van der Waals surface area (Å²) in [5.41, 5.74) is 5.29. The number of hydrogen-bond donors (Lipinski definition) is 1. The van der Waals surface area contributed by atoms with Crippen LogP contribution in [0.3, 0.4) is 0 Å². The Labute approximate surface area is 231 Å². The first-order valence-corrected chi connectivity index (χ1v) is 12.7. The van der Waals surface area contributed by atoms with Gasteiger partial charge in [0.2, 0.25) is 0 Å². The monoisotopic (exact) mass is 535 g/mol. The maximum Gasteiger partial charge on any atom is 0.335 e. The molecule has 1 saturated heterocycles. The lowest BCUT2D eigenvalue weighted by Gasteiger charge is -2.36. The van der Waals surface area contributed by atoms with Crippen LogP contribution in [0.1, 0.15) is 32.9 Å². The number of hydrogen-bond acceptors (Lipinski definition) is 4. The average molecular weight is 536 g/mol. The van der Waals surface area contributed by atoms with Crippen LogP contribution in [0.15, 0.2) is 90.5 Å². The van der Waals surface area contributed by atoms with E-state index in [4.69, 9.17) is 12.2 Å². The summed E-state index contributed by atoms with van der Waals surface area (Å²) in [7, 11) is 0. The Morgan fingerprint density at radius 3 is 1.82 bits per heavy atom. The van der Waals surface area contributed by atoms with E-state index in [1.54, 1.807) is 48.5 Å². The zero-order valence-corrected chi connectivity index (χ0v) is 22.4. The molecule has 3 aromatic carbocycles. The van der Waals surface area contributed by atoms with Gasteiger partial charge in [-0.1, -0.05) is 36.4 Å². The summed E-state index contributed by atoms with van der Waals surface area (Å²) in [5.74, 6) is -2.00. The van der Waals surface area contributed by atoms with E-state index in [0.29, 0.717) is 16.9 Å². The van der Waals surface area contributed by atoms with Gasteiger partial charge >= 0.3 is 5.97 Å². The van der Waals surface area contributed by atoms with Crippen LogP contribution in [0.25, 0.3) is 11.8 Å². The van der Waals surface area contributed by atoms with Gasteiger partial charge in [0, 0.05) is 17.1 Å². The molecular formula is C31H25N3O4S. The number of rotatable bonds is 5. The van der Waals surface area contributed by atoms with Gasteiger partial charge in [-0.3, -0.25) is 19.4 Å². The second kappa shape index (κ2) is 10.2. The molecule has 4 aromatic rings. The number of carboxylic acid groups (broad SMARTS) is 1. The highest BCUT2D eigenvalue weighted by Gasteiger charge is 2.41. The summed E-state index contributed by atoms with van der Waals surface area (Å²) in [4.78, 5) is 41.8. The molecule has 1 aliphatic rings. The van der Waals surface area contributed by atoms with E-state index in [9.17, 15) is 19.5 Å². The molecule has 2 amide bonds.